The van der Waals surface area contributed by atoms with Crippen LogP contribution >= 0.6 is 34.5 Å². The van der Waals surface area contributed by atoms with Gasteiger partial charge < -0.3 is 10.6 Å². The Morgan fingerprint density at radius 2 is 1.96 bits per heavy atom. The average molecular weight is 440 g/mol. The van der Waals surface area contributed by atoms with Gasteiger partial charge in [0, 0.05) is 11.4 Å². The van der Waals surface area contributed by atoms with Crippen LogP contribution in [-0.2, 0) is 11.2 Å². The fourth-order valence-corrected chi connectivity index (χ4v) is 4.41. The lowest BCUT2D eigenvalue weighted by Crippen LogP contribution is -2.47. The van der Waals surface area contributed by atoms with Gasteiger partial charge >= 0.3 is 0 Å². The van der Waals surface area contributed by atoms with Gasteiger partial charge in [-0.3, -0.25) is 14.4 Å². The lowest BCUT2D eigenvalue weighted by atomic mass is 10.0. The van der Waals surface area contributed by atoms with Crippen LogP contribution in [0.5, 0.6) is 0 Å². The third kappa shape index (κ3) is 4.54. The van der Waals surface area contributed by atoms with Gasteiger partial charge in [-0.25, -0.2) is 4.98 Å². The molecule has 148 valence electrons. The number of Topliss-reactive ketones (excluding diaryl/α,β-unsaturated/α-hetero) is 1. The van der Waals surface area contributed by atoms with Crippen molar-refractivity contribution in [1.29, 1.82) is 0 Å². The van der Waals surface area contributed by atoms with E-state index in [-0.39, 0.29) is 22.3 Å². The average Bonchev–Trinajstić information content (AvgIpc) is 3.03. The number of carbonyl (C=O) groups excluding carboxylic acids is 3. The number of aryl methyl sites for hydroxylation is 1. The lowest BCUT2D eigenvalue weighted by molar-refractivity contribution is -0.118. The number of amides is 2. The van der Waals surface area contributed by atoms with Gasteiger partial charge in [0.1, 0.15) is 6.04 Å². The first kappa shape index (κ1) is 20.8. The van der Waals surface area contributed by atoms with Crippen LogP contribution in [0.2, 0.25) is 10.0 Å². The Labute approximate surface area is 176 Å². The summed E-state index contributed by atoms with van der Waals surface area (Å²) in [5, 5.41) is 6.44. The summed E-state index contributed by atoms with van der Waals surface area (Å²) in [4.78, 5) is 42.3. The molecule has 0 spiro atoms. The molecule has 1 heterocycles. The topological polar surface area (TPSA) is 88.2 Å². The maximum absolute atomic E-state index is 12.8. The minimum Gasteiger partial charge on any atom is -0.340 e. The van der Waals surface area contributed by atoms with Crippen molar-refractivity contribution in [2.75, 3.05) is 5.32 Å². The number of rotatable bonds is 5. The molecule has 6 nitrogen and oxygen atoms in total. The van der Waals surface area contributed by atoms with Crippen LogP contribution in [-0.4, -0.2) is 28.6 Å². The van der Waals surface area contributed by atoms with Gasteiger partial charge in [-0.2, -0.15) is 0 Å². The van der Waals surface area contributed by atoms with Crippen molar-refractivity contribution in [3.05, 3.63) is 44.4 Å². The molecule has 1 aromatic carbocycles. The van der Waals surface area contributed by atoms with E-state index in [1.165, 1.54) is 23.5 Å². The maximum atomic E-state index is 12.8. The number of anilines is 1. The fraction of sp³-hybridized carbons (Fsp3) is 0.368. The van der Waals surface area contributed by atoms with Gasteiger partial charge in [-0.05, 0) is 37.0 Å². The Balaban J connectivity index is 1.74. The molecule has 2 amide bonds. The van der Waals surface area contributed by atoms with E-state index in [2.05, 4.69) is 15.6 Å². The van der Waals surface area contributed by atoms with Crippen molar-refractivity contribution in [3.8, 4) is 0 Å². The molecule has 0 saturated carbocycles. The van der Waals surface area contributed by atoms with Gasteiger partial charge in [0.25, 0.3) is 5.91 Å². The molecule has 1 aliphatic carbocycles. The van der Waals surface area contributed by atoms with E-state index in [1.807, 2.05) is 13.8 Å². The highest BCUT2D eigenvalue weighted by molar-refractivity contribution is 7.17. The van der Waals surface area contributed by atoms with Crippen LogP contribution in [0.1, 0.15) is 52.4 Å². The molecule has 1 aliphatic rings. The van der Waals surface area contributed by atoms with E-state index in [0.717, 1.165) is 18.5 Å². The Bertz CT molecular complexity index is 943. The molecule has 2 N–H and O–H groups in total. The second-order valence-corrected chi connectivity index (χ2v) is 8.72. The summed E-state index contributed by atoms with van der Waals surface area (Å²) < 4.78 is 0. The van der Waals surface area contributed by atoms with Crippen molar-refractivity contribution in [2.24, 2.45) is 5.92 Å². The zero-order valence-corrected chi connectivity index (χ0v) is 17.7. The van der Waals surface area contributed by atoms with Crippen LogP contribution in [0.4, 0.5) is 5.13 Å². The standard InChI is InChI=1S/C19H19Cl2N3O3S/c1-9(2)15(23-17(26)11-7-6-10(20)8-12(11)21)18(27)24-19-22-13-4-3-5-14(25)16(13)28-19/h6-9,15H,3-5H2,1-2H3,(H,23,26)(H,22,24,27). The van der Waals surface area contributed by atoms with Gasteiger partial charge in [-0.15, -0.1) is 0 Å². The molecule has 1 aromatic heterocycles. The largest absolute Gasteiger partial charge is 0.340 e. The Kier molecular flexibility index (Phi) is 6.37. The number of thiazole rings is 1. The molecule has 1 atom stereocenters. The minimum absolute atomic E-state index is 0.0605. The number of hydrogen-bond donors (Lipinski definition) is 2. The monoisotopic (exact) mass is 439 g/mol. The summed E-state index contributed by atoms with van der Waals surface area (Å²) in [6.07, 6.45) is 2.01. The number of nitrogens with zero attached hydrogens (tertiary/aromatic N) is 1. The number of ketones is 1. The van der Waals surface area contributed by atoms with E-state index >= 15 is 0 Å². The molecule has 9 heteroatoms. The van der Waals surface area contributed by atoms with Crippen LogP contribution < -0.4 is 10.6 Å². The van der Waals surface area contributed by atoms with Crippen molar-refractivity contribution >= 4 is 57.3 Å². The third-order valence-electron chi connectivity index (χ3n) is 4.41. The maximum Gasteiger partial charge on any atom is 0.253 e. The predicted molar refractivity (Wildman–Crippen MR) is 111 cm³/mol. The van der Waals surface area contributed by atoms with E-state index < -0.39 is 17.9 Å². The number of nitrogens with one attached hydrogen (secondary N) is 2. The molecular weight excluding hydrogens is 421 g/mol. The number of aromatic nitrogens is 1. The van der Waals surface area contributed by atoms with Gasteiger partial charge in [0.05, 0.1) is 21.2 Å². The van der Waals surface area contributed by atoms with Crippen LogP contribution in [0.3, 0.4) is 0 Å². The first-order valence-electron chi connectivity index (χ1n) is 8.86. The van der Waals surface area contributed by atoms with E-state index in [0.29, 0.717) is 21.5 Å². The van der Waals surface area contributed by atoms with Gasteiger partial charge in [0.2, 0.25) is 5.91 Å². The SMILES string of the molecule is CC(C)C(NC(=O)c1ccc(Cl)cc1Cl)C(=O)Nc1nc2c(s1)C(=O)CCC2. The van der Waals surface area contributed by atoms with Crippen molar-refractivity contribution in [1.82, 2.24) is 10.3 Å². The summed E-state index contributed by atoms with van der Waals surface area (Å²) >= 11 is 13.1. The first-order chi connectivity index (χ1) is 13.3. The second kappa shape index (κ2) is 8.59. The number of hydrogen-bond acceptors (Lipinski definition) is 5. The van der Waals surface area contributed by atoms with Crippen molar-refractivity contribution in [3.63, 3.8) is 0 Å². The third-order valence-corrected chi connectivity index (χ3v) is 6.01. The molecule has 0 aliphatic heterocycles. The molecular formula is C19H19Cl2N3O3S. The predicted octanol–water partition coefficient (Wildman–Crippen LogP) is 4.36. The normalized spacial score (nSPS) is 14.5. The molecule has 1 unspecified atom stereocenters. The molecule has 3 rings (SSSR count). The van der Waals surface area contributed by atoms with Gasteiger partial charge in [0.15, 0.2) is 10.9 Å². The zero-order chi connectivity index (χ0) is 20.4. The Morgan fingerprint density at radius 1 is 1.21 bits per heavy atom. The summed E-state index contributed by atoms with van der Waals surface area (Å²) in [5.74, 6) is -0.979. The van der Waals surface area contributed by atoms with Crippen molar-refractivity contribution in [2.45, 2.75) is 39.2 Å². The Hall–Kier alpha value is -1.96. The highest BCUT2D eigenvalue weighted by Crippen LogP contribution is 2.30. The minimum atomic E-state index is -0.795. The summed E-state index contributed by atoms with van der Waals surface area (Å²) in [6.45, 7) is 3.65. The zero-order valence-electron chi connectivity index (χ0n) is 15.3. The quantitative estimate of drug-likeness (QED) is 0.723. The summed E-state index contributed by atoms with van der Waals surface area (Å²) in [5.41, 5.74) is 0.967. The van der Waals surface area contributed by atoms with Crippen LogP contribution in [0, 0.1) is 5.92 Å². The van der Waals surface area contributed by atoms with Crippen LogP contribution in [0.15, 0.2) is 18.2 Å². The molecule has 0 bridgehead atoms. The fourth-order valence-electron chi connectivity index (χ4n) is 2.93. The number of benzene rings is 1. The summed E-state index contributed by atoms with van der Waals surface area (Å²) in [6, 6.07) is 3.75. The number of carbonyl (C=O) groups is 3. The van der Waals surface area contributed by atoms with E-state index in [1.54, 1.807) is 6.07 Å². The summed E-state index contributed by atoms with van der Waals surface area (Å²) in [7, 11) is 0. The lowest BCUT2D eigenvalue weighted by Gasteiger charge is -2.21. The molecule has 0 saturated heterocycles. The highest BCUT2D eigenvalue weighted by atomic mass is 35.5. The highest BCUT2D eigenvalue weighted by Gasteiger charge is 2.28. The molecule has 0 radical (unpaired) electrons. The second-order valence-electron chi connectivity index (χ2n) is 6.88. The van der Waals surface area contributed by atoms with Crippen LogP contribution in [0.25, 0.3) is 0 Å². The van der Waals surface area contributed by atoms with Gasteiger partial charge in [-0.1, -0.05) is 48.4 Å². The first-order valence-corrected chi connectivity index (χ1v) is 10.4. The number of fused-ring (bicyclic) bond motifs is 1. The van der Waals surface area contributed by atoms with E-state index in [9.17, 15) is 14.4 Å². The smallest absolute Gasteiger partial charge is 0.253 e. The Morgan fingerprint density at radius 3 is 2.61 bits per heavy atom. The molecule has 2 aromatic rings. The van der Waals surface area contributed by atoms with E-state index in [4.69, 9.17) is 23.2 Å². The molecule has 0 fully saturated rings. The molecule has 28 heavy (non-hydrogen) atoms. The number of halogens is 2. The van der Waals surface area contributed by atoms with Crippen molar-refractivity contribution < 1.29 is 14.4 Å².